The van der Waals surface area contributed by atoms with E-state index in [2.05, 4.69) is 45.5 Å². The van der Waals surface area contributed by atoms with Gasteiger partial charge in [-0.2, -0.15) is 0 Å². The Morgan fingerprint density at radius 2 is 1.96 bits per heavy atom. The number of piperidine rings is 1. The summed E-state index contributed by atoms with van der Waals surface area (Å²) in [5.41, 5.74) is 2.57. The minimum absolute atomic E-state index is 0.000681. The van der Waals surface area contributed by atoms with Crippen LogP contribution in [-0.2, 0) is 4.79 Å². The molecule has 4 rings (SSSR count). The zero-order valence-corrected chi connectivity index (χ0v) is 13.7. The second-order valence-electron chi connectivity index (χ2n) is 7.08. The van der Waals surface area contributed by atoms with Gasteiger partial charge in [0.1, 0.15) is 0 Å². The first-order chi connectivity index (χ1) is 11.2. The van der Waals surface area contributed by atoms with Crippen molar-refractivity contribution in [2.24, 2.45) is 0 Å². The van der Waals surface area contributed by atoms with Gasteiger partial charge in [0.05, 0.1) is 6.04 Å². The van der Waals surface area contributed by atoms with Gasteiger partial charge < -0.3 is 10.3 Å². The molecular formula is C19H25N3O. The molecule has 2 aromatic rings. The fraction of sp³-hybridized carbons (Fsp3) is 0.526. The van der Waals surface area contributed by atoms with Gasteiger partial charge in [0.25, 0.3) is 0 Å². The number of aromatic amines is 1. The number of carbonyl (C=O) groups is 1. The van der Waals surface area contributed by atoms with Crippen LogP contribution in [0.2, 0.25) is 0 Å². The molecule has 4 nitrogen and oxygen atoms in total. The third kappa shape index (κ3) is 3.13. The third-order valence-corrected chi connectivity index (χ3v) is 5.37. The van der Waals surface area contributed by atoms with Gasteiger partial charge in [-0.3, -0.25) is 9.69 Å². The molecule has 2 heterocycles. The molecule has 1 amide bonds. The highest BCUT2D eigenvalue weighted by Gasteiger charge is 2.31. The van der Waals surface area contributed by atoms with Gasteiger partial charge in [-0.25, -0.2) is 0 Å². The number of nitrogens with one attached hydrogen (secondary N) is 2. The van der Waals surface area contributed by atoms with E-state index in [0.29, 0.717) is 12.0 Å². The summed E-state index contributed by atoms with van der Waals surface area (Å²) in [5, 5.41) is 4.42. The van der Waals surface area contributed by atoms with Gasteiger partial charge in [0.2, 0.25) is 5.91 Å². The van der Waals surface area contributed by atoms with Crippen LogP contribution in [0, 0.1) is 0 Å². The summed E-state index contributed by atoms with van der Waals surface area (Å²) in [6.07, 6.45) is 4.55. The second-order valence-corrected chi connectivity index (χ2v) is 7.08. The quantitative estimate of drug-likeness (QED) is 0.912. The van der Waals surface area contributed by atoms with E-state index in [1.54, 1.807) is 0 Å². The Labute approximate surface area is 137 Å². The molecule has 1 aromatic carbocycles. The molecule has 1 saturated carbocycles. The summed E-state index contributed by atoms with van der Waals surface area (Å²) in [5.74, 6) is 0.786. The number of aromatic nitrogens is 1. The number of hydrogen-bond acceptors (Lipinski definition) is 2. The lowest BCUT2D eigenvalue weighted by atomic mass is 9.92. The van der Waals surface area contributed by atoms with Gasteiger partial charge in [0, 0.05) is 23.2 Å². The number of rotatable bonds is 4. The van der Waals surface area contributed by atoms with E-state index >= 15 is 0 Å². The molecule has 1 atom stereocenters. The number of hydrogen-bond donors (Lipinski definition) is 2. The zero-order valence-electron chi connectivity index (χ0n) is 13.7. The van der Waals surface area contributed by atoms with E-state index in [1.165, 1.54) is 16.6 Å². The molecule has 2 fully saturated rings. The number of likely N-dealkylation sites (tertiary alicyclic amines) is 1. The molecule has 4 heteroatoms. The van der Waals surface area contributed by atoms with E-state index in [9.17, 15) is 4.79 Å². The Morgan fingerprint density at radius 3 is 2.65 bits per heavy atom. The van der Waals surface area contributed by atoms with E-state index in [0.717, 1.165) is 38.8 Å². The van der Waals surface area contributed by atoms with Gasteiger partial charge in [-0.1, -0.05) is 18.2 Å². The highest BCUT2D eigenvalue weighted by Crippen LogP contribution is 2.30. The Morgan fingerprint density at radius 1 is 1.22 bits per heavy atom. The average Bonchev–Trinajstić information content (AvgIpc) is 3.29. The molecule has 23 heavy (non-hydrogen) atoms. The fourth-order valence-electron chi connectivity index (χ4n) is 3.63. The Kier molecular flexibility index (Phi) is 3.85. The molecule has 1 saturated heterocycles. The minimum atomic E-state index is -0.000681. The molecule has 1 aliphatic carbocycles. The van der Waals surface area contributed by atoms with Crippen LogP contribution in [0.15, 0.2) is 30.3 Å². The van der Waals surface area contributed by atoms with Crippen LogP contribution in [0.4, 0.5) is 0 Å². The summed E-state index contributed by atoms with van der Waals surface area (Å²) in [7, 11) is 0. The number of amides is 1. The van der Waals surface area contributed by atoms with Crippen LogP contribution < -0.4 is 5.32 Å². The molecule has 122 valence electrons. The van der Waals surface area contributed by atoms with Crippen molar-refractivity contribution in [3.8, 4) is 0 Å². The highest BCUT2D eigenvalue weighted by molar-refractivity contribution is 5.82. The summed E-state index contributed by atoms with van der Waals surface area (Å²) in [6, 6.07) is 11.2. The Bertz CT molecular complexity index is 662. The van der Waals surface area contributed by atoms with Crippen LogP contribution in [0.5, 0.6) is 0 Å². The maximum Gasteiger partial charge on any atom is 0.237 e. The molecule has 0 spiro atoms. The molecule has 0 unspecified atom stereocenters. The van der Waals surface area contributed by atoms with E-state index in [-0.39, 0.29) is 11.9 Å². The topological polar surface area (TPSA) is 48.1 Å². The number of H-pyrrole nitrogens is 1. The monoisotopic (exact) mass is 311 g/mol. The molecule has 0 bridgehead atoms. The molecule has 0 radical (unpaired) electrons. The first-order valence-corrected chi connectivity index (χ1v) is 8.83. The second kappa shape index (κ2) is 6.00. The van der Waals surface area contributed by atoms with Gasteiger partial charge >= 0.3 is 0 Å². The summed E-state index contributed by atoms with van der Waals surface area (Å²) >= 11 is 0. The number of para-hydroxylation sites is 1. The van der Waals surface area contributed by atoms with Crippen LogP contribution in [-0.4, -0.2) is 41.0 Å². The lowest BCUT2D eigenvalue weighted by molar-refractivity contribution is -0.126. The summed E-state index contributed by atoms with van der Waals surface area (Å²) in [6.45, 7) is 4.04. The third-order valence-electron chi connectivity index (χ3n) is 5.37. The Hall–Kier alpha value is -1.81. The van der Waals surface area contributed by atoms with Crippen molar-refractivity contribution in [1.29, 1.82) is 0 Å². The smallest absolute Gasteiger partial charge is 0.237 e. The van der Waals surface area contributed by atoms with Crippen molar-refractivity contribution < 1.29 is 4.79 Å². The zero-order chi connectivity index (χ0) is 15.8. The molecule has 2 N–H and O–H groups in total. The van der Waals surface area contributed by atoms with E-state index in [4.69, 9.17) is 0 Å². The van der Waals surface area contributed by atoms with Crippen molar-refractivity contribution in [3.05, 3.63) is 36.0 Å². The number of benzene rings is 1. The minimum Gasteiger partial charge on any atom is -0.358 e. The lowest BCUT2D eigenvalue weighted by Gasteiger charge is -2.35. The summed E-state index contributed by atoms with van der Waals surface area (Å²) in [4.78, 5) is 18.1. The van der Waals surface area contributed by atoms with Gasteiger partial charge in [-0.15, -0.1) is 0 Å². The maximum absolute atomic E-state index is 12.2. The maximum atomic E-state index is 12.2. The fourth-order valence-corrected chi connectivity index (χ4v) is 3.63. The first kappa shape index (κ1) is 14.8. The predicted octanol–water partition coefficient (Wildman–Crippen LogP) is 3.01. The SMILES string of the molecule is C[C@H](C(=O)NC1CC1)N1CCC(c2cc3ccccc3[nH]2)CC1. The van der Waals surface area contributed by atoms with Crippen molar-refractivity contribution >= 4 is 16.8 Å². The van der Waals surface area contributed by atoms with E-state index < -0.39 is 0 Å². The van der Waals surface area contributed by atoms with Gasteiger partial charge in [0.15, 0.2) is 0 Å². The predicted molar refractivity (Wildman–Crippen MR) is 92.5 cm³/mol. The molecule has 2 aliphatic rings. The number of fused-ring (bicyclic) bond motifs is 1. The largest absolute Gasteiger partial charge is 0.358 e. The van der Waals surface area contributed by atoms with E-state index in [1.807, 2.05) is 6.92 Å². The summed E-state index contributed by atoms with van der Waals surface area (Å²) < 4.78 is 0. The van der Waals surface area contributed by atoms with Crippen LogP contribution in [0.1, 0.15) is 44.2 Å². The molecule has 1 aromatic heterocycles. The molecular weight excluding hydrogens is 286 g/mol. The normalized spacial score (nSPS) is 21.4. The van der Waals surface area contributed by atoms with Crippen LogP contribution in [0.25, 0.3) is 10.9 Å². The van der Waals surface area contributed by atoms with Gasteiger partial charge in [-0.05, 0) is 63.2 Å². The number of carbonyl (C=O) groups excluding carboxylic acids is 1. The first-order valence-electron chi connectivity index (χ1n) is 8.83. The van der Waals surface area contributed by atoms with Crippen molar-refractivity contribution in [3.63, 3.8) is 0 Å². The van der Waals surface area contributed by atoms with Crippen molar-refractivity contribution in [2.45, 2.75) is 50.6 Å². The van der Waals surface area contributed by atoms with Crippen LogP contribution in [0.3, 0.4) is 0 Å². The van der Waals surface area contributed by atoms with Crippen molar-refractivity contribution in [2.75, 3.05) is 13.1 Å². The van der Waals surface area contributed by atoms with Crippen molar-refractivity contribution in [1.82, 2.24) is 15.2 Å². The standard InChI is InChI=1S/C19H25N3O/c1-13(19(23)20-16-6-7-16)22-10-8-14(9-11-22)18-12-15-4-2-3-5-17(15)21-18/h2-5,12-14,16,21H,6-11H2,1H3,(H,20,23)/t13-/m1/s1. The average molecular weight is 311 g/mol. The molecule has 1 aliphatic heterocycles. The highest BCUT2D eigenvalue weighted by atomic mass is 16.2. The number of nitrogens with zero attached hydrogens (tertiary/aromatic N) is 1. The lowest BCUT2D eigenvalue weighted by Crippen LogP contribution is -2.48. The Balaban J connectivity index is 1.37. The van der Waals surface area contributed by atoms with Crippen LogP contribution >= 0.6 is 0 Å².